The molecule has 2 nitrogen and oxygen atoms in total. The summed E-state index contributed by atoms with van der Waals surface area (Å²) in [6.07, 6.45) is 3.94. The van der Waals surface area contributed by atoms with E-state index in [9.17, 15) is 0 Å². The third kappa shape index (κ3) is 2.44. The van der Waals surface area contributed by atoms with Gasteiger partial charge >= 0.3 is 0 Å². The molecule has 1 saturated carbocycles. The second-order valence-electron chi connectivity index (χ2n) is 5.32. The molecule has 0 radical (unpaired) electrons. The number of aliphatic imine (C=N–C) groups is 1. The summed E-state index contributed by atoms with van der Waals surface area (Å²) >= 11 is 1.89. The van der Waals surface area contributed by atoms with Gasteiger partial charge in [-0.15, -0.1) is 0 Å². The molecule has 2 atom stereocenters. The molecule has 0 aromatic rings. The first-order valence-corrected chi connectivity index (χ1v) is 6.41. The van der Waals surface area contributed by atoms with Gasteiger partial charge in [-0.2, -0.15) is 0 Å². The van der Waals surface area contributed by atoms with Crippen molar-refractivity contribution in [2.45, 2.75) is 51.3 Å². The van der Waals surface area contributed by atoms with Crippen LogP contribution in [-0.2, 0) is 0 Å². The van der Waals surface area contributed by atoms with Crippen LogP contribution in [0, 0.1) is 5.41 Å². The lowest BCUT2D eigenvalue weighted by Gasteiger charge is -2.18. The van der Waals surface area contributed by atoms with Crippen molar-refractivity contribution in [3.05, 3.63) is 0 Å². The summed E-state index contributed by atoms with van der Waals surface area (Å²) in [5.74, 6) is 0. The molecule has 3 heteroatoms. The molecular formula is C11H20N2S. The normalized spacial score (nSPS) is 35.8. The number of nitrogens with zero attached hydrogens (tertiary/aromatic N) is 1. The minimum absolute atomic E-state index is 0.535. The molecule has 0 aromatic heterocycles. The maximum Gasteiger partial charge on any atom is 0.157 e. The van der Waals surface area contributed by atoms with Crippen LogP contribution in [0.25, 0.3) is 0 Å². The molecule has 0 saturated heterocycles. The van der Waals surface area contributed by atoms with Crippen molar-refractivity contribution in [2.75, 3.05) is 6.54 Å². The molecule has 0 aromatic carbocycles. The highest BCUT2D eigenvalue weighted by Crippen LogP contribution is 2.37. The number of nitrogens with one attached hydrogen (secondary N) is 1. The van der Waals surface area contributed by atoms with Gasteiger partial charge in [-0.3, -0.25) is 4.99 Å². The molecular weight excluding hydrogens is 192 g/mol. The van der Waals surface area contributed by atoms with Gasteiger partial charge in [0, 0.05) is 11.3 Å². The highest BCUT2D eigenvalue weighted by molar-refractivity contribution is 8.14. The van der Waals surface area contributed by atoms with E-state index in [1.165, 1.54) is 24.4 Å². The van der Waals surface area contributed by atoms with Gasteiger partial charge in [-0.05, 0) is 24.7 Å². The Morgan fingerprint density at radius 1 is 1.50 bits per heavy atom. The van der Waals surface area contributed by atoms with Crippen LogP contribution in [0.5, 0.6) is 0 Å². The number of thioether (sulfide) groups is 1. The molecule has 2 rings (SSSR count). The van der Waals surface area contributed by atoms with Gasteiger partial charge in [0.05, 0.1) is 6.54 Å². The van der Waals surface area contributed by atoms with E-state index in [2.05, 4.69) is 31.1 Å². The quantitative estimate of drug-likeness (QED) is 0.722. The van der Waals surface area contributed by atoms with Crippen molar-refractivity contribution in [1.29, 1.82) is 0 Å². The van der Waals surface area contributed by atoms with E-state index in [-0.39, 0.29) is 0 Å². The highest BCUT2D eigenvalue weighted by Gasteiger charge is 2.31. The summed E-state index contributed by atoms with van der Waals surface area (Å²) in [6.45, 7) is 7.95. The lowest BCUT2D eigenvalue weighted by atomic mass is 9.92. The zero-order chi connectivity index (χ0) is 10.2. The largest absolute Gasteiger partial charge is 0.362 e. The van der Waals surface area contributed by atoms with Crippen molar-refractivity contribution in [1.82, 2.24) is 5.32 Å². The zero-order valence-corrected chi connectivity index (χ0v) is 10.2. The van der Waals surface area contributed by atoms with E-state index in [4.69, 9.17) is 0 Å². The third-order valence-electron chi connectivity index (χ3n) is 3.10. The molecule has 1 aliphatic carbocycles. The lowest BCUT2D eigenvalue weighted by Crippen LogP contribution is -2.31. The summed E-state index contributed by atoms with van der Waals surface area (Å²) in [4.78, 5) is 4.50. The van der Waals surface area contributed by atoms with Crippen molar-refractivity contribution < 1.29 is 0 Å². The molecule has 1 fully saturated rings. The van der Waals surface area contributed by atoms with Gasteiger partial charge in [0.15, 0.2) is 5.17 Å². The van der Waals surface area contributed by atoms with Gasteiger partial charge < -0.3 is 5.32 Å². The van der Waals surface area contributed by atoms with Crippen LogP contribution >= 0.6 is 11.8 Å². The molecule has 80 valence electrons. The van der Waals surface area contributed by atoms with Crippen LogP contribution in [0.15, 0.2) is 4.99 Å². The van der Waals surface area contributed by atoms with Gasteiger partial charge in [0.1, 0.15) is 0 Å². The summed E-state index contributed by atoms with van der Waals surface area (Å²) in [5, 5.41) is 5.43. The minimum Gasteiger partial charge on any atom is -0.362 e. The van der Waals surface area contributed by atoms with Gasteiger partial charge in [-0.1, -0.05) is 32.5 Å². The van der Waals surface area contributed by atoms with Crippen molar-refractivity contribution >= 4 is 16.9 Å². The van der Waals surface area contributed by atoms with Crippen molar-refractivity contribution in [3.63, 3.8) is 0 Å². The van der Waals surface area contributed by atoms with Crippen LogP contribution in [0.2, 0.25) is 0 Å². The van der Waals surface area contributed by atoms with Gasteiger partial charge in [0.25, 0.3) is 0 Å². The first-order valence-electron chi connectivity index (χ1n) is 5.53. The lowest BCUT2D eigenvalue weighted by molar-refractivity contribution is 0.372. The second kappa shape index (κ2) is 3.76. The fourth-order valence-corrected chi connectivity index (χ4v) is 3.20. The third-order valence-corrected chi connectivity index (χ3v) is 4.12. The Labute approximate surface area is 90.9 Å². The fraction of sp³-hybridized carbons (Fsp3) is 0.909. The summed E-state index contributed by atoms with van der Waals surface area (Å²) < 4.78 is 0. The Bertz CT molecular complexity index is 248. The Balaban J connectivity index is 1.82. The van der Waals surface area contributed by atoms with Crippen LogP contribution in [0.1, 0.15) is 40.0 Å². The van der Waals surface area contributed by atoms with Crippen LogP contribution < -0.4 is 5.32 Å². The SMILES string of the molecule is CC1CN=C(NC2CCC(C)(C)C2)S1. The Morgan fingerprint density at radius 2 is 2.29 bits per heavy atom. The molecule has 0 amide bonds. The standard InChI is InChI=1S/C11H20N2S/c1-8-7-12-10(14-8)13-9-4-5-11(2,3)6-9/h8-9H,4-7H2,1-3H3,(H,12,13). The molecule has 2 unspecified atom stereocenters. The predicted octanol–water partition coefficient (Wildman–Crippen LogP) is 2.65. The van der Waals surface area contributed by atoms with E-state index in [1.807, 2.05) is 11.8 Å². The van der Waals surface area contributed by atoms with E-state index in [1.54, 1.807) is 0 Å². The maximum absolute atomic E-state index is 4.50. The monoisotopic (exact) mass is 212 g/mol. The first kappa shape index (κ1) is 10.3. The first-order chi connectivity index (χ1) is 6.55. The molecule has 2 aliphatic rings. The zero-order valence-electron chi connectivity index (χ0n) is 9.34. The van der Waals surface area contributed by atoms with Crippen molar-refractivity contribution in [2.24, 2.45) is 10.4 Å². The van der Waals surface area contributed by atoms with Crippen LogP contribution in [-0.4, -0.2) is 23.0 Å². The van der Waals surface area contributed by atoms with Gasteiger partial charge in [0.2, 0.25) is 0 Å². The highest BCUT2D eigenvalue weighted by atomic mass is 32.2. The molecule has 1 N–H and O–H groups in total. The smallest absolute Gasteiger partial charge is 0.157 e. The summed E-state index contributed by atoms with van der Waals surface area (Å²) in [5.41, 5.74) is 0.535. The van der Waals surface area contributed by atoms with E-state index < -0.39 is 0 Å². The van der Waals surface area contributed by atoms with Crippen molar-refractivity contribution in [3.8, 4) is 0 Å². The number of hydrogen-bond acceptors (Lipinski definition) is 3. The van der Waals surface area contributed by atoms with Crippen LogP contribution in [0.4, 0.5) is 0 Å². The Hall–Kier alpha value is -0.180. The topological polar surface area (TPSA) is 24.4 Å². The molecule has 14 heavy (non-hydrogen) atoms. The maximum atomic E-state index is 4.50. The number of amidine groups is 1. The number of rotatable bonds is 1. The molecule has 1 aliphatic heterocycles. The van der Waals surface area contributed by atoms with Gasteiger partial charge in [-0.25, -0.2) is 0 Å². The summed E-state index contributed by atoms with van der Waals surface area (Å²) in [7, 11) is 0. The Morgan fingerprint density at radius 3 is 2.79 bits per heavy atom. The molecule has 1 heterocycles. The van der Waals surface area contributed by atoms with E-state index >= 15 is 0 Å². The number of hydrogen-bond donors (Lipinski definition) is 1. The molecule has 0 bridgehead atoms. The average Bonchev–Trinajstić information content (AvgIpc) is 2.59. The summed E-state index contributed by atoms with van der Waals surface area (Å²) in [6, 6.07) is 0.668. The predicted molar refractivity (Wildman–Crippen MR) is 63.9 cm³/mol. The minimum atomic E-state index is 0.535. The fourth-order valence-electron chi connectivity index (χ4n) is 2.29. The average molecular weight is 212 g/mol. The van der Waals surface area contributed by atoms with Crippen LogP contribution in [0.3, 0.4) is 0 Å². The molecule has 0 spiro atoms. The van der Waals surface area contributed by atoms with E-state index in [0.29, 0.717) is 16.7 Å². The van der Waals surface area contributed by atoms with E-state index in [0.717, 1.165) is 6.54 Å². The Kier molecular flexibility index (Phi) is 2.78. The second-order valence-corrected chi connectivity index (χ2v) is 6.75.